The number of methoxy groups -OCH3 is 1. The number of nitrogens with zero attached hydrogens (tertiary/aromatic N) is 1. The standard InChI is InChI=1S/C22H22ClNO5/c1-4-27-22(25)17(14-24)11-16-12-19(23)21(20(13-16)26-3)29-9-8-28-18-7-5-6-15(2)10-18/h5-7,10-13H,4,8-9H2,1-3H3. The van der Waals surface area contributed by atoms with Gasteiger partial charge in [-0.3, -0.25) is 0 Å². The zero-order valence-corrected chi connectivity index (χ0v) is 17.3. The largest absolute Gasteiger partial charge is 0.493 e. The summed E-state index contributed by atoms with van der Waals surface area (Å²) in [6.07, 6.45) is 1.39. The highest BCUT2D eigenvalue weighted by atomic mass is 35.5. The van der Waals surface area contributed by atoms with Crippen LogP contribution in [0.1, 0.15) is 18.1 Å². The normalized spacial score (nSPS) is 10.8. The highest BCUT2D eigenvalue weighted by Crippen LogP contribution is 2.37. The molecule has 0 atom stereocenters. The first kappa shape index (κ1) is 22.1. The van der Waals surface area contributed by atoms with Crippen LogP contribution >= 0.6 is 11.6 Å². The van der Waals surface area contributed by atoms with Crippen LogP contribution in [0.15, 0.2) is 42.0 Å². The van der Waals surface area contributed by atoms with Crippen molar-refractivity contribution in [2.24, 2.45) is 0 Å². The van der Waals surface area contributed by atoms with Gasteiger partial charge in [0.25, 0.3) is 0 Å². The van der Waals surface area contributed by atoms with Gasteiger partial charge in [-0.15, -0.1) is 0 Å². The molecule has 0 bridgehead atoms. The Hall–Kier alpha value is -3.17. The average Bonchev–Trinajstić information content (AvgIpc) is 2.70. The van der Waals surface area contributed by atoms with Crippen molar-refractivity contribution < 1.29 is 23.7 Å². The predicted molar refractivity (Wildman–Crippen MR) is 110 cm³/mol. The number of rotatable bonds is 9. The van der Waals surface area contributed by atoms with Crippen molar-refractivity contribution in [1.82, 2.24) is 0 Å². The predicted octanol–water partition coefficient (Wildman–Crippen LogP) is 4.58. The highest BCUT2D eigenvalue weighted by molar-refractivity contribution is 6.32. The van der Waals surface area contributed by atoms with Crippen LogP contribution in [0.3, 0.4) is 0 Å². The number of carbonyl (C=O) groups is 1. The maximum absolute atomic E-state index is 11.8. The Morgan fingerprint density at radius 1 is 1.21 bits per heavy atom. The fourth-order valence-electron chi connectivity index (χ4n) is 2.48. The summed E-state index contributed by atoms with van der Waals surface area (Å²) in [6.45, 7) is 4.42. The van der Waals surface area contributed by atoms with E-state index in [9.17, 15) is 4.79 Å². The maximum Gasteiger partial charge on any atom is 0.348 e. The third kappa shape index (κ3) is 6.44. The van der Waals surface area contributed by atoms with Gasteiger partial charge in [0.2, 0.25) is 0 Å². The van der Waals surface area contributed by atoms with Gasteiger partial charge in [-0.2, -0.15) is 5.26 Å². The highest BCUT2D eigenvalue weighted by Gasteiger charge is 2.14. The van der Waals surface area contributed by atoms with Gasteiger partial charge in [0.1, 0.15) is 30.6 Å². The molecule has 6 nitrogen and oxygen atoms in total. The summed E-state index contributed by atoms with van der Waals surface area (Å²) >= 11 is 6.32. The van der Waals surface area contributed by atoms with Crippen LogP contribution in [0.25, 0.3) is 6.08 Å². The van der Waals surface area contributed by atoms with E-state index in [2.05, 4.69) is 0 Å². The molecule has 0 unspecified atom stereocenters. The van der Waals surface area contributed by atoms with E-state index in [0.29, 0.717) is 23.7 Å². The summed E-state index contributed by atoms with van der Waals surface area (Å²) in [6, 6.07) is 12.7. The molecule has 0 heterocycles. The quantitative estimate of drug-likeness (QED) is 0.258. The van der Waals surface area contributed by atoms with Gasteiger partial charge < -0.3 is 18.9 Å². The first-order valence-electron chi connectivity index (χ1n) is 8.97. The number of carbonyl (C=O) groups excluding carboxylic acids is 1. The Balaban J connectivity index is 2.09. The second kappa shape index (κ2) is 11.0. The van der Waals surface area contributed by atoms with E-state index in [1.54, 1.807) is 19.1 Å². The second-order valence-corrected chi connectivity index (χ2v) is 6.35. The van der Waals surface area contributed by atoms with Crippen LogP contribution in [0.5, 0.6) is 17.2 Å². The van der Waals surface area contributed by atoms with Gasteiger partial charge in [-0.05, 0) is 55.3 Å². The molecule has 0 N–H and O–H groups in total. The average molecular weight is 416 g/mol. The number of hydrogen-bond donors (Lipinski definition) is 0. The van der Waals surface area contributed by atoms with Crippen molar-refractivity contribution in [3.05, 3.63) is 58.1 Å². The van der Waals surface area contributed by atoms with Gasteiger partial charge in [-0.1, -0.05) is 23.7 Å². The fourth-order valence-corrected chi connectivity index (χ4v) is 2.76. The van der Waals surface area contributed by atoms with Gasteiger partial charge in [0.05, 0.1) is 18.7 Å². The lowest BCUT2D eigenvalue weighted by Gasteiger charge is -2.14. The van der Waals surface area contributed by atoms with Crippen molar-refractivity contribution in [3.8, 4) is 23.3 Å². The summed E-state index contributed by atoms with van der Waals surface area (Å²) in [5.74, 6) is 0.795. The number of halogens is 1. The van der Waals surface area contributed by atoms with Crippen molar-refractivity contribution in [3.63, 3.8) is 0 Å². The van der Waals surface area contributed by atoms with Crippen LogP contribution in [0, 0.1) is 18.3 Å². The first-order chi connectivity index (χ1) is 14.0. The molecule has 0 radical (unpaired) electrons. The molecule has 0 saturated carbocycles. The smallest absolute Gasteiger partial charge is 0.348 e. The summed E-state index contributed by atoms with van der Waals surface area (Å²) < 4.78 is 21.6. The van der Waals surface area contributed by atoms with Gasteiger partial charge >= 0.3 is 5.97 Å². The van der Waals surface area contributed by atoms with Gasteiger partial charge in [0, 0.05) is 0 Å². The molecular weight excluding hydrogens is 394 g/mol. The van der Waals surface area contributed by atoms with Crippen molar-refractivity contribution in [1.29, 1.82) is 5.26 Å². The molecule has 0 aromatic heterocycles. The van der Waals surface area contributed by atoms with Gasteiger partial charge in [-0.25, -0.2) is 4.79 Å². The number of nitriles is 1. The lowest BCUT2D eigenvalue weighted by Crippen LogP contribution is -2.10. The zero-order valence-electron chi connectivity index (χ0n) is 16.5. The zero-order chi connectivity index (χ0) is 21.2. The summed E-state index contributed by atoms with van der Waals surface area (Å²) in [4.78, 5) is 11.8. The molecule has 0 aliphatic heterocycles. The first-order valence-corrected chi connectivity index (χ1v) is 9.35. The SMILES string of the molecule is CCOC(=O)C(C#N)=Cc1cc(Cl)c(OCCOc2cccc(C)c2)c(OC)c1. The molecule has 0 fully saturated rings. The van der Waals surface area contributed by atoms with Gasteiger partial charge in [0.15, 0.2) is 11.5 Å². The van der Waals surface area contributed by atoms with E-state index < -0.39 is 5.97 Å². The van der Waals surface area contributed by atoms with Crippen molar-refractivity contribution >= 4 is 23.6 Å². The molecule has 152 valence electrons. The van der Waals surface area contributed by atoms with Crippen LogP contribution in [-0.4, -0.2) is 32.9 Å². The van der Waals surface area contributed by atoms with E-state index in [1.165, 1.54) is 13.2 Å². The monoisotopic (exact) mass is 415 g/mol. The Morgan fingerprint density at radius 2 is 1.97 bits per heavy atom. The molecule has 2 rings (SSSR count). The van der Waals surface area contributed by atoms with Crippen molar-refractivity contribution in [2.45, 2.75) is 13.8 Å². The fraction of sp³-hybridized carbons (Fsp3) is 0.273. The minimum Gasteiger partial charge on any atom is -0.493 e. The minimum absolute atomic E-state index is 0.134. The minimum atomic E-state index is -0.696. The third-order valence-corrected chi connectivity index (χ3v) is 4.05. The molecular formula is C22H22ClNO5. The molecule has 2 aromatic rings. The Bertz CT molecular complexity index is 933. The molecule has 0 aliphatic carbocycles. The molecule has 7 heteroatoms. The number of aryl methyl sites for hydroxylation is 1. The molecule has 0 spiro atoms. The molecule has 29 heavy (non-hydrogen) atoms. The second-order valence-electron chi connectivity index (χ2n) is 5.94. The van der Waals surface area contributed by atoms with E-state index in [-0.39, 0.29) is 23.8 Å². The molecule has 0 amide bonds. The van der Waals surface area contributed by atoms with E-state index in [0.717, 1.165) is 11.3 Å². The van der Waals surface area contributed by atoms with Crippen LogP contribution in [0.2, 0.25) is 5.02 Å². The number of benzene rings is 2. The Labute approximate surface area is 175 Å². The molecule has 2 aromatic carbocycles. The lowest BCUT2D eigenvalue weighted by molar-refractivity contribution is -0.137. The van der Waals surface area contributed by atoms with E-state index in [1.807, 2.05) is 37.3 Å². The Kier molecular flexibility index (Phi) is 8.38. The van der Waals surface area contributed by atoms with E-state index in [4.69, 9.17) is 35.8 Å². The van der Waals surface area contributed by atoms with Crippen molar-refractivity contribution in [2.75, 3.05) is 26.9 Å². The maximum atomic E-state index is 11.8. The number of esters is 1. The molecule has 0 aliphatic rings. The number of ether oxygens (including phenoxy) is 4. The van der Waals surface area contributed by atoms with Crippen LogP contribution < -0.4 is 14.2 Å². The lowest BCUT2D eigenvalue weighted by atomic mass is 10.1. The topological polar surface area (TPSA) is 77.8 Å². The summed E-state index contributed by atoms with van der Waals surface area (Å²) in [5.41, 5.74) is 1.49. The Morgan fingerprint density at radius 3 is 2.62 bits per heavy atom. The third-order valence-electron chi connectivity index (χ3n) is 3.77. The van der Waals surface area contributed by atoms with Crippen LogP contribution in [-0.2, 0) is 9.53 Å². The molecule has 0 saturated heterocycles. The van der Waals surface area contributed by atoms with E-state index >= 15 is 0 Å². The number of hydrogen-bond acceptors (Lipinski definition) is 6. The summed E-state index contributed by atoms with van der Waals surface area (Å²) in [5, 5.41) is 9.45. The van der Waals surface area contributed by atoms with Crippen LogP contribution in [0.4, 0.5) is 0 Å². The summed E-state index contributed by atoms with van der Waals surface area (Å²) in [7, 11) is 1.48.